The van der Waals surface area contributed by atoms with Crippen LogP contribution in [-0.4, -0.2) is 72.1 Å². The van der Waals surface area contributed by atoms with Crippen molar-refractivity contribution in [3.63, 3.8) is 0 Å². The number of morpholine rings is 1. The lowest BCUT2D eigenvalue weighted by atomic mass is 9.98. The minimum absolute atomic E-state index is 0.0110. The Balaban J connectivity index is 1.62. The highest BCUT2D eigenvalue weighted by Crippen LogP contribution is 2.40. The molecule has 1 aromatic heterocycles. The average Bonchev–Trinajstić information content (AvgIpc) is 3.16. The van der Waals surface area contributed by atoms with E-state index in [2.05, 4.69) is 10.6 Å². The summed E-state index contributed by atoms with van der Waals surface area (Å²) < 4.78 is 24.8. The van der Waals surface area contributed by atoms with Gasteiger partial charge in [-0.2, -0.15) is 0 Å². The van der Waals surface area contributed by atoms with Crippen LogP contribution < -0.4 is 9.47 Å². The Morgan fingerprint density at radius 3 is 2.94 bits per heavy atom. The van der Waals surface area contributed by atoms with Gasteiger partial charge in [-0.1, -0.05) is 6.08 Å². The highest BCUT2D eigenvalue weighted by molar-refractivity contribution is 5.95. The molecular formula is C25H31N3O5. The summed E-state index contributed by atoms with van der Waals surface area (Å²) in [6.07, 6.45) is 5.35. The van der Waals surface area contributed by atoms with Crippen molar-refractivity contribution in [3.8, 4) is 17.2 Å². The first-order valence-electron chi connectivity index (χ1n) is 11.5. The van der Waals surface area contributed by atoms with Gasteiger partial charge in [-0.15, -0.1) is 0 Å². The Morgan fingerprint density at radius 1 is 1.30 bits per heavy atom. The molecule has 8 heteroatoms. The number of ether oxygens (including phenoxy) is 4. The van der Waals surface area contributed by atoms with Gasteiger partial charge < -0.3 is 23.8 Å². The summed E-state index contributed by atoms with van der Waals surface area (Å²) in [7, 11) is 1.65. The molecule has 0 bridgehead atoms. The maximum absolute atomic E-state index is 13.7. The molecule has 1 atom stereocenters. The fourth-order valence-electron chi connectivity index (χ4n) is 4.78. The second kappa shape index (κ2) is 8.50. The van der Waals surface area contributed by atoms with E-state index in [-0.39, 0.29) is 17.6 Å². The van der Waals surface area contributed by atoms with E-state index in [0.29, 0.717) is 44.5 Å². The molecule has 0 N–H and O–H groups in total. The predicted molar refractivity (Wildman–Crippen MR) is 123 cm³/mol. The minimum atomic E-state index is -0.384. The average molecular weight is 454 g/mol. The van der Waals surface area contributed by atoms with Crippen LogP contribution in [0.3, 0.4) is 0 Å². The number of nitrogens with zero attached hydrogens (tertiary/aromatic N) is 3. The van der Waals surface area contributed by atoms with E-state index < -0.39 is 0 Å². The highest BCUT2D eigenvalue weighted by Gasteiger charge is 2.38. The zero-order chi connectivity index (χ0) is 23.2. The summed E-state index contributed by atoms with van der Waals surface area (Å²) >= 11 is 0. The number of benzene rings is 1. The van der Waals surface area contributed by atoms with Crippen molar-refractivity contribution < 1.29 is 23.7 Å². The highest BCUT2D eigenvalue weighted by atomic mass is 16.6. The van der Waals surface area contributed by atoms with Gasteiger partial charge in [0.05, 0.1) is 36.7 Å². The Kier molecular flexibility index (Phi) is 5.66. The Hall–Kier alpha value is -2.84. The fraction of sp³-hybridized carbons (Fsp3) is 0.520. The van der Waals surface area contributed by atoms with Crippen molar-refractivity contribution in [2.24, 2.45) is 0 Å². The van der Waals surface area contributed by atoms with Crippen molar-refractivity contribution >= 4 is 12.0 Å². The van der Waals surface area contributed by atoms with Crippen LogP contribution in [0.4, 0.5) is 0 Å². The second-order valence-corrected chi connectivity index (χ2v) is 9.45. The molecule has 33 heavy (non-hydrogen) atoms. The molecule has 1 unspecified atom stereocenters. The largest absolute Gasteiger partial charge is 0.486 e. The lowest BCUT2D eigenvalue weighted by molar-refractivity contribution is -0.0373. The Labute approximate surface area is 194 Å². The van der Waals surface area contributed by atoms with Crippen LogP contribution >= 0.6 is 0 Å². The molecule has 1 aromatic carbocycles. The number of methoxy groups -OCH3 is 1. The van der Waals surface area contributed by atoms with Gasteiger partial charge in [0, 0.05) is 19.7 Å². The van der Waals surface area contributed by atoms with Gasteiger partial charge >= 0.3 is 0 Å². The van der Waals surface area contributed by atoms with Crippen LogP contribution in [-0.2, 0) is 22.3 Å². The molecule has 3 aliphatic heterocycles. The molecule has 8 nitrogen and oxygen atoms in total. The minimum Gasteiger partial charge on any atom is -0.486 e. The first-order chi connectivity index (χ1) is 15.9. The van der Waals surface area contributed by atoms with E-state index in [1.807, 2.05) is 43.9 Å². The van der Waals surface area contributed by atoms with Crippen LogP contribution in [0.25, 0.3) is 11.8 Å². The number of aryl methyl sites for hydroxylation is 1. The Bertz CT molecular complexity index is 1100. The summed E-state index contributed by atoms with van der Waals surface area (Å²) in [4.78, 5) is 20.5. The number of amides is 1. The van der Waals surface area contributed by atoms with Crippen LogP contribution in [0.2, 0.25) is 0 Å². The number of carbonyl (C=O) groups excluding carboxylic acids is 1. The summed E-state index contributed by atoms with van der Waals surface area (Å²) in [5, 5.41) is 0. The maximum Gasteiger partial charge on any atom is 0.274 e. The molecule has 0 radical (unpaired) electrons. The summed E-state index contributed by atoms with van der Waals surface area (Å²) in [5.41, 5.74) is 3.19. The summed E-state index contributed by atoms with van der Waals surface area (Å²) in [6, 6.07) is 4.08. The van der Waals surface area contributed by atoms with E-state index in [0.717, 1.165) is 41.3 Å². The van der Waals surface area contributed by atoms with Crippen molar-refractivity contribution in [1.82, 2.24) is 14.5 Å². The molecule has 0 spiro atoms. The number of hydrogen-bond acceptors (Lipinski definition) is 6. The van der Waals surface area contributed by atoms with E-state index in [9.17, 15) is 4.79 Å². The van der Waals surface area contributed by atoms with Gasteiger partial charge in [-0.25, -0.2) is 4.98 Å². The molecular weight excluding hydrogens is 422 g/mol. The molecule has 0 saturated carbocycles. The molecule has 5 rings (SSSR count). The first kappa shape index (κ1) is 22.0. The van der Waals surface area contributed by atoms with Crippen LogP contribution in [0.5, 0.6) is 11.5 Å². The quantitative estimate of drug-likeness (QED) is 0.709. The molecule has 1 amide bonds. The summed E-state index contributed by atoms with van der Waals surface area (Å²) in [5.74, 6) is 2.16. The van der Waals surface area contributed by atoms with Crippen molar-refractivity contribution in [2.45, 2.75) is 45.3 Å². The number of aromatic nitrogens is 2. The maximum atomic E-state index is 13.7. The van der Waals surface area contributed by atoms with E-state index in [1.54, 1.807) is 7.11 Å². The molecule has 176 valence electrons. The predicted octanol–water partition coefficient (Wildman–Crippen LogP) is 3.04. The topological polar surface area (TPSA) is 75.0 Å². The third-order valence-electron chi connectivity index (χ3n) is 6.44. The number of rotatable bonds is 4. The standard InChI is InChI=1S/C25H31N3O5/c1-16-14-32-20-12-17-7-8-18-23(24(29)27-9-11-31-15-25(27,2)3)26-22(6-5-10-30-4)28(18)19(17)13-21(20)33-16/h5-6,12-13,16H,7-11,14-15H2,1-4H3/b6-5+. The van der Waals surface area contributed by atoms with Crippen LogP contribution in [0, 0.1) is 0 Å². The van der Waals surface area contributed by atoms with Gasteiger partial charge in [0.15, 0.2) is 17.2 Å². The van der Waals surface area contributed by atoms with Crippen LogP contribution in [0.1, 0.15) is 48.3 Å². The molecule has 1 fully saturated rings. The number of carbonyl (C=O) groups is 1. The monoisotopic (exact) mass is 453 g/mol. The van der Waals surface area contributed by atoms with Gasteiger partial charge in [-0.3, -0.25) is 9.36 Å². The zero-order valence-corrected chi connectivity index (χ0v) is 19.7. The third kappa shape index (κ3) is 3.91. The summed E-state index contributed by atoms with van der Waals surface area (Å²) in [6.45, 7) is 8.67. The molecule has 0 aliphatic carbocycles. The number of imidazole rings is 1. The normalized spacial score (nSPS) is 21.1. The van der Waals surface area contributed by atoms with E-state index in [1.165, 1.54) is 0 Å². The number of fused-ring (bicyclic) bond motifs is 4. The van der Waals surface area contributed by atoms with Crippen molar-refractivity contribution in [3.05, 3.63) is 41.0 Å². The van der Waals surface area contributed by atoms with Gasteiger partial charge in [0.1, 0.15) is 18.5 Å². The third-order valence-corrected chi connectivity index (χ3v) is 6.44. The van der Waals surface area contributed by atoms with Crippen LogP contribution in [0.15, 0.2) is 18.2 Å². The zero-order valence-electron chi connectivity index (χ0n) is 19.7. The van der Waals surface area contributed by atoms with E-state index >= 15 is 0 Å². The fourth-order valence-corrected chi connectivity index (χ4v) is 4.78. The first-order valence-corrected chi connectivity index (χ1v) is 11.5. The van der Waals surface area contributed by atoms with Gasteiger partial charge in [0.2, 0.25) is 0 Å². The molecule has 4 heterocycles. The van der Waals surface area contributed by atoms with Gasteiger partial charge in [0.25, 0.3) is 5.91 Å². The second-order valence-electron chi connectivity index (χ2n) is 9.45. The van der Waals surface area contributed by atoms with Crippen molar-refractivity contribution in [2.75, 3.05) is 40.1 Å². The lowest BCUT2D eigenvalue weighted by Gasteiger charge is -2.41. The number of hydrogen-bond donors (Lipinski definition) is 0. The molecule has 3 aliphatic rings. The molecule has 2 aromatic rings. The van der Waals surface area contributed by atoms with Crippen molar-refractivity contribution in [1.29, 1.82) is 0 Å². The SMILES string of the molecule is COC/C=C/c1nc(C(=O)N2CCOCC2(C)C)c2n1-c1cc3c(cc1CC2)OCC(C)O3. The molecule has 1 saturated heterocycles. The Morgan fingerprint density at radius 2 is 2.15 bits per heavy atom. The smallest absolute Gasteiger partial charge is 0.274 e. The lowest BCUT2D eigenvalue weighted by Crippen LogP contribution is -2.55. The van der Waals surface area contributed by atoms with Gasteiger partial charge in [-0.05, 0) is 51.3 Å². The van der Waals surface area contributed by atoms with E-state index in [4.69, 9.17) is 23.9 Å².